The van der Waals surface area contributed by atoms with Crippen LogP contribution in [-0.2, 0) is 9.53 Å². The van der Waals surface area contributed by atoms with Gasteiger partial charge in [0.15, 0.2) is 0 Å². The Balaban J connectivity index is 2.45. The summed E-state index contributed by atoms with van der Waals surface area (Å²) in [5.41, 5.74) is -0.552. The largest absolute Gasteiger partial charge is 0.462 e. The third-order valence-corrected chi connectivity index (χ3v) is 2.30. The average molecular weight is 166 g/mol. The maximum Gasteiger partial charge on any atom is 0.324 e. The highest BCUT2D eigenvalue weighted by Crippen LogP contribution is 2.46. The fraction of sp³-hybridized carbons (Fsp3) is 0.700. The molecule has 0 spiro atoms. The van der Waals surface area contributed by atoms with Crippen molar-refractivity contribution in [2.24, 2.45) is 5.41 Å². The summed E-state index contributed by atoms with van der Waals surface area (Å²) in [4.78, 5) is 11.4. The number of hydrogen-bond acceptors (Lipinski definition) is 2. The van der Waals surface area contributed by atoms with Gasteiger partial charge in [-0.2, -0.15) is 0 Å². The molecule has 0 radical (unpaired) electrons. The molecule has 0 amide bonds. The molecule has 0 N–H and O–H groups in total. The second-order valence-corrected chi connectivity index (χ2v) is 3.35. The zero-order chi connectivity index (χ0) is 9.19. The van der Waals surface area contributed by atoms with Gasteiger partial charge >= 0.3 is 5.97 Å². The Labute approximate surface area is 73.3 Å². The van der Waals surface area contributed by atoms with Crippen molar-refractivity contribution in [3.63, 3.8) is 0 Å². The molecule has 0 saturated heterocycles. The van der Waals surface area contributed by atoms with E-state index in [1.807, 2.05) is 13.8 Å². The Morgan fingerprint density at radius 1 is 1.75 bits per heavy atom. The number of rotatable bonds is 3. The minimum atomic E-state index is -0.552. The first kappa shape index (κ1) is 9.12. The third-order valence-electron chi connectivity index (χ3n) is 2.30. The first-order valence-electron chi connectivity index (χ1n) is 4.33. The molecule has 0 heterocycles. The van der Waals surface area contributed by atoms with E-state index in [1.54, 1.807) is 0 Å². The highest BCUT2D eigenvalue weighted by atomic mass is 16.5. The lowest BCUT2D eigenvalue weighted by Gasteiger charge is -2.13. The number of ether oxygens (including phenoxy) is 1. The SMILES string of the molecule is C#CC1(C(=O)OC(C)CC)CC1. The van der Waals surface area contributed by atoms with Crippen LogP contribution in [0.15, 0.2) is 0 Å². The van der Waals surface area contributed by atoms with Gasteiger partial charge in [-0.05, 0) is 26.2 Å². The summed E-state index contributed by atoms with van der Waals surface area (Å²) in [6, 6.07) is 0. The summed E-state index contributed by atoms with van der Waals surface area (Å²) >= 11 is 0. The third kappa shape index (κ3) is 1.61. The van der Waals surface area contributed by atoms with Crippen molar-refractivity contribution in [2.45, 2.75) is 39.2 Å². The van der Waals surface area contributed by atoms with E-state index < -0.39 is 5.41 Å². The van der Waals surface area contributed by atoms with E-state index in [4.69, 9.17) is 11.2 Å². The highest BCUT2D eigenvalue weighted by molar-refractivity contribution is 5.83. The summed E-state index contributed by atoms with van der Waals surface area (Å²) in [5.74, 6) is 2.30. The van der Waals surface area contributed by atoms with Crippen molar-refractivity contribution in [1.82, 2.24) is 0 Å². The van der Waals surface area contributed by atoms with E-state index in [1.165, 1.54) is 0 Å². The van der Waals surface area contributed by atoms with Crippen molar-refractivity contribution in [3.8, 4) is 12.3 Å². The molecule has 12 heavy (non-hydrogen) atoms. The van der Waals surface area contributed by atoms with Crippen LogP contribution in [-0.4, -0.2) is 12.1 Å². The first-order valence-corrected chi connectivity index (χ1v) is 4.33. The molecule has 0 bridgehead atoms. The number of carbonyl (C=O) groups is 1. The number of terminal acetylenes is 1. The van der Waals surface area contributed by atoms with Gasteiger partial charge in [-0.25, -0.2) is 0 Å². The van der Waals surface area contributed by atoms with Crippen LogP contribution in [0.3, 0.4) is 0 Å². The quantitative estimate of drug-likeness (QED) is 0.471. The van der Waals surface area contributed by atoms with Gasteiger partial charge in [0.05, 0.1) is 6.10 Å². The van der Waals surface area contributed by atoms with Gasteiger partial charge in [0.2, 0.25) is 0 Å². The van der Waals surface area contributed by atoms with Gasteiger partial charge in [0, 0.05) is 0 Å². The molecule has 0 aliphatic heterocycles. The zero-order valence-electron chi connectivity index (χ0n) is 7.59. The molecule has 1 atom stereocenters. The summed E-state index contributed by atoms with van der Waals surface area (Å²) in [6.45, 7) is 3.86. The minimum absolute atomic E-state index is 0.0108. The molecule has 66 valence electrons. The monoisotopic (exact) mass is 166 g/mol. The Bertz CT molecular complexity index is 220. The Morgan fingerprint density at radius 3 is 2.67 bits per heavy atom. The molecule has 1 rings (SSSR count). The fourth-order valence-corrected chi connectivity index (χ4v) is 0.911. The van der Waals surface area contributed by atoms with E-state index >= 15 is 0 Å². The standard InChI is InChI=1S/C10H14O2/c1-4-8(3)12-9(11)10(5-2)6-7-10/h2,8H,4,6-7H2,1,3H3. The van der Waals surface area contributed by atoms with Crippen LogP contribution in [0.4, 0.5) is 0 Å². The molecule has 1 unspecified atom stereocenters. The van der Waals surface area contributed by atoms with Crippen LogP contribution in [0.5, 0.6) is 0 Å². The Morgan fingerprint density at radius 2 is 2.33 bits per heavy atom. The Kier molecular flexibility index (Phi) is 2.42. The van der Waals surface area contributed by atoms with E-state index in [9.17, 15) is 4.79 Å². The number of esters is 1. The van der Waals surface area contributed by atoms with Crippen LogP contribution < -0.4 is 0 Å². The van der Waals surface area contributed by atoms with E-state index in [-0.39, 0.29) is 12.1 Å². The fourth-order valence-electron chi connectivity index (χ4n) is 0.911. The van der Waals surface area contributed by atoms with Gasteiger partial charge in [0.25, 0.3) is 0 Å². The minimum Gasteiger partial charge on any atom is -0.462 e. The number of carbonyl (C=O) groups excluding carboxylic acids is 1. The predicted molar refractivity (Wildman–Crippen MR) is 46.3 cm³/mol. The van der Waals surface area contributed by atoms with E-state index in [2.05, 4.69) is 5.92 Å². The van der Waals surface area contributed by atoms with Crippen molar-refractivity contribution >= 4 is 5.97 Å². The number of hydrogen-bond donors (Lipinski definition) is 0. The predicted octanol–water partition coefficient (Wildman–Crippen LogP) is 1.74. The molecule has 1 aliphatic carbocycles. The maximum absolute atomic E-state index is 11.4. The summed E-state index contributed by atoms with van der Waals surface area (Å²) in [6.07, 6.45) is 7.65. The second-order valence-electron chi connectivity index (χ2n) is 3.35. The van der Waals surface area contributed by atoms with Crippen LogP contribution in [0.25, 0.3) is 0 Å². The van der Waals surface area contributed by atoms with Crippen LogP contribution in [0.1, 0.15) is 33.1 Å². The smallest absolute Gasteiger partial charge is 0.324 e. The second kappa shape index (κ2) is 3.18. The van der Waals surface area contributed by atoms with Gasteiger partial charge in [-0.15, -0.1) is 6.42 Å². The van der Waals surface area contributed by atoms with Crippen LogP contribution in [0, 0.1) is 17.8 Å². The molecule has 0 aromatic carbocycles. The lowest BCUT2D eigenvalue weighted by atomic mass is 10.1. The molecule has 1 fully saturated rings. The zero-order valence-corrected chi connectivity index (χ0v) is 7.59. The summed E-state index contributed by atoms with van der Waals surface area (Å²) < 4.78 is 5.14. The van der Waals surface area contributed by atoms with Crippen molar-refractivity contribution in [3.05, 3.63) is 0 Å². The maximum atomic E-state index is 11.4. The lowest BCUT2D eigenvalue weighted by Crippen LogP contribution is -2.22. The average Bonchev–Trinajstić information content (AvgIpc) is 2.84. The first-order chi connectivity index (χ1) is 5.64. The topological polar surface area (TPSA) is 26.3 Å². The molecule has 0 aromatic heterocycles. The van der Waals surface area contributed by atoms with E-state index in [0.717, 1.165) is 19.3 Å². The lowest BCUT2D eigenvalue weighted by molar-refractivity contribution is -0.152. The van der Waals surface area contributed by atoms with Gasteiger partial charge < -0.3 is 4.74 Å². The van der Waals surface area contributed by atoms with Crippen LogP contribution in [0.2, 0.25) is 0 Å². The van der Waals surface area contributed by atoms with Crippen molar-refractivity contribution in [1.29, 1.82) is 0 Å². The highest BCUT2D eigenvalue weighted by Gasteiger charge is 2.50. The van der Waals surface area contributed by atoms with Crippen molar-refractivity contribution < 1.29 is 9.53 Å². The molecular weight excluding hydrogens is 152 g/mol. The van der Waals surface area contributed by atoms with Gasteiger partial charge in [-0.3, -0.25) is 4.79 Å². The molecular formula is C10H14O2. The van der Waals surface area contributed by atoms with Gasteiger partial charge in [-0.1, -0.05) is 12.8 Å². The normalized spacial score (nSPS) is 20.8. The molecule has 2 heteroatoms. The molecule has 1 aliphatic rings. The van der Waals surface area contributed by atoms with Crippen molar-refractivity contribution in [2.75, 3.05) is 0 Å². The molecule has 2 nitrogen and oxygen atoms in total. The van der Waals surface area contributed by atoms with E-state index in [0.29, 0.717) is 0 Å². The van der Waals surface area contributed by atoms with Gasteiger partial charge in [0.1, 0.15) is 5.41 Å². The molecule has 1 saturated carbocycles. The molecule has 0 aromatic rings. The van der Waals surface area contributed by atoms with Crippen LogP contribution >= 0.6 is 0 Å². The summed E-state index contributed by atoms with van der Waals surface area (Å²) in [7, 11) is 0. The summed E-state index contributed by atoms with van der Waals surface area (Å²) in [5, 5.41) is 0. The Hall–Kier alpha value is -0.970.